The van der Waals surface area contributed by atoms with Gasteiger partial charge in [-0.15, -0.1) is 0 Å². The molecule has 1 saturated carbocycles. The zero-order chi connectivity index (χ0) is 17.2. The van der Waals surface area contributed by atoms with E-state index >= 15 is 0 Å². The van der Waals surface area contributed by atoms with Crippen molar-refractivity contribution in [2.75, 3.05) is 25.5 Å². The molecule has 2 heterocycles. The summed E-state index contributed by atoms with van der Waals surface area (Å²) in [6, 6.07) is 11.8. The zero-order valence-electron chi connectivity index (χ0n) is 14.1. The average Bonchev–Trinajstić information content (AvgIpc) is 3.45. The van der Waals surface area contributed by atoms with Gasteiger partial charge in [0.1, 0.15) is 12.4 Å². The number of carbonyl (C=O) groups is 1. The molecule has 6 heteroatoms. The topological polar surface area (TPSA) is 63.7 Å². The van der Waals surface area contributed by atoms with Gasteiger partial charge in [0.15, 0.2) is 17.6 Å². The number of benzene rings is 1. The third-order valence-corrected chi connectivity index (χ3v) is 4.33. The minimum Gasteiger partial charge on any atom is -0.486 e. The van der Waals surface area contributed by atoms with Gasteiger partial charge in [-0.1, -0.05) is 12.1 Å². The van der Waals surface area contributed by atoms with Gasteiger partial charge in [0.05, 0.1) is 12.1 Å². The Bertz CT molecular complexity index is 759. The molecule has 130 valence electrons. The predicted octanol–water partition coefficient (Wildman–Crippen LogP) is 2.57. The molecule has 2 aromatic rings. The summed E-state index contributed by atoms with van der Waals surface area (Å²) in [6.07, 6.45) is 3.82. The Balaban J connectivity index is 1.35. The van der Waals surface area contributed by atoms with Crippen LogP contribution in [0.1, 0.15) is 23.2 Å². The predicted molar refractivity (Wildman–Crippen MR) is 94.2 cm³/mol. The van der Waals surface area contributed by atoms with E-state index in [4.69, 9.17) is 9.47 Å². The summed E-state index contributed by atoms with van der Waals surface area (Å²) in [5.74, 6) is 2.21. The molecule has 2 aliphatic rings. The number of amides is 1. The zero-order valence-corrected chi connectivity index (χ0v) is 14.1. The number of likely N-dealkylation sites (N-methyl/N-ethyl adjacent to an activating group) is 1. The number of aromatic nitrogens is 1. The van der Waals surface area contributed by atoms with Gasteiger partial charge in [0, 0.05) is 19.3 Å². The number of ether oxygens (including phenoxy) is 2. The third kappa shape index (κ3) is 3.68. The third-order valence-electron chi connectivity index (χ3n) is 4.33. The van der Waals surface area contributed by atoms with E-state index in [1.54, 1.807) is 18.1 Å². The van der Waals surface area contributed by atoms with Crippen LogP contribution in [0.5, 0.6) is 11.5 Å². The van der Waals surface area contributed by atoms with Crippen LogP contribution in [-0.2, 0) is 0 Å². The lowest BCUT2D eigenvalue weighted by Gasteiger charge is -2.29. The molecule has 0 radical (unpaired) electrons. The maximum atomic E-state index is 12.6. The lowest BCUT2D eigenvalue weighted by Crippen LogP contribution is -2.41. The molecule has 0 saturated heterocycles. The van der Waals surface area contributed by atoms with Crippen molar-refractivity contribution in [3.63, 3.8) is 0 Å². The maximum absolute atomic E-state index is 12.6. The van der Waals surface area contributed by atoms with Gasteiger partial charge in [-0.05, 0) is 37.1 Å². The summed E-state index contributed by atoms with van der Waals surface area (Å²) >= 11 is 0. The molecule has 1 aromatic carbocycles. The summed E-state index contributed by atoms with van der Waals surface area (Å²) in [5, 5.41) is 3.31. The number of fused-ring (bicyclic) bond motifs is 1. The van der Waals surface area contributed by atoms with Crippen molar-refractivity contribution in [1.82, 2.24) is 9.88 Å². The second-order valence-corrected chi connectivity index (χ2v) is 6.53. The molecule has 1 fully saturated rings. The Morgan fingerprint density at radius 1 is 1.24 bits per heavy atom. The van der Waals surface area contributed by atoms with E-state index in [9.17, 15) is 4.79 Å². The van der Waals surface area contributed by atoms with Gasteiger partial charge in [0.2, 0.25) is 0 Å². The monoisotopic (exact) mass is 339 g/mol. The Morgan fingerprint density at radius 3 is 2.76 bits per heavy atom. The second-order valence-electron chi connectivity index (χ2n) is 6.53. The van der Waals surface area contributed by atoms with E-state index in [1.807, 2.05) is 36.4 Å². The first-order valence-electron chi connectivity index (χ1n) is 8.55. The Hall–Kier alpha value is -2.76. The summed E-state index contributed by atoms with van der Waals surface area (Å²) in [4.78, 5) is 18.5. The minimum absolute atomic E-state index is 0.0760. The number of nitrogens with zero attached hydrogens (tertiary/aromatic N) is 2. The highest BCUT2D eigenvalue weighted by Crippen LogP contribution is 2.31. The molecule has 6 nitrogen and oxygen atoms in total. The van der Waals surface area contributed by atoms with Crippen LogP contribution >= 0.6 is 0 Å². The fourth-order valence-corrected chi connectivity index (χ4v) is 2.80. The molecule has 1 amide bonds. The van der Waals surface area contributed by atoms with Gasteiger partial charge >= 0.3 is 0 Å². The lowest BCUT2D eigenvalue weighted by atomic mass is 10.2. The molecule has 1 aromatic heterocycles. The molecule has 1 atom stereocenters. The number of nitrogens with one attached hydrogen (secondary N) is 1. The van der Waals surface area contributed by atoms with Crippen molar-refractivity contribution in [3.05, 3.63) is 48.2 Å². The number of hydrogen-bond donors (Lipinski definition) is 1. The van der Waals surface area contributed by atoms with Crippen LogP contribution in [0, 0.1) is 0 Å². The highest BCUT2D eigenvalue weighted by atomic mass is 16.6. The van der Waals surface area contributed by atoms with Crippen LogP contribution in [0.25, 0.3) is 0 Å². The summed E-state index contributed by atoms with van der Waals surface area (Å²) in [7, 11) is 1.77. The molecule has 0 unspecified atom stereocenters. The molecule has 1 aliphatic carbocycles. The van der Waals surface area contributed by atoms with Gasteiger partial charge in [-0.25, -0.2) is 4.98 Å². The van der Waals surface area contributed by atoms with Crippen molar-refractivity contribution in [2.45, 2.75) is 25.0 Å². The van der Waals surface area contributed by atoms with Gasteiger partial charge in [-0.2, -0.15) is 0 Å². The van der Waals surface area contributed by atoms with Crippen molar-refractivity contribution < 1.29 is 14.3 Å². The van der Waals surface area contributed by atoms with Gasteiger partial charge in [-0.3, -0.25) is 4.79 Å². The molecule has 1 aliphatic heterocycles. The largest absolute Gasteiger partial charge is 0.486 e. The van der Waals surface area contributed by atoms with E-state index in [-0.39, 0.29) is 12.0 Å². The van der Waals surface area contributed by atoms with Crippen LogP contribution in [0.3, 0.4) is 0 Å². The van der Waals surface area contributed by atoms with Crippen molar-refractivity contribution in [2.24, 2.45) is 0 Å². The molecule has 1 N–H and O–H groups in total. The summed E-state index contributed by atoms with van der Waals surface area (Å²) in [5.41, 5.74) is 0.570. The second kappa shape index (κ2) is 6.63. The number of carbonyl (C=O) groups excluding carboxylic acids is 1. The van der Waals surface area contributed by atoms with Gasteiger partial charge < -0.3 is 19.7 Å². The maximum Gasteiger partial charge on any atom is 0.255 e. The number of para-hydroxylation sites is 2. The van der Waals surface area contributed by atoms with Crippen molar-refractivity contribution in [3.8, 4) is 11.5 Å². The first-order chi connectivity index (χ1) is 12.2. The van der Waals surface area contributed by atoms with Crippen LogP contribution in [0.2, 0.25) is 0 Å². The average molecular weight is 339 g/mol. The first kappa shape index (κ1) is 15.7. The Morgan fingerprint density at radius 2 is 2.04 bits per heavy atom. The smallest absolute Gasteiger partial charge is 0.255 e. The minimum atomic E-state index is -0.187. The summed E-state index contributed by atoms with van der Waals surface area (Å²) in [6.45, 7) is 0.881. The fraction of sp³-hybridized carbons (Fsp3) is 0.368. The van der Waals surface area contributed by atoms with Crippen molar-refractivity contribution in [1.29, 1.82) is 0 Å². The summed E-state index contributed by atoms with van der Waals surface area (Å²) < 4.78 is 11.6. The Kier molecular flexibility index (Phi) is 4.17. The standard InChI is InChI=1S/C19H21N3O3/c1-22(11-15-12-24-16-4-2-3-5-17(16)25-15)19(23)13-6-9-18(20-10-13)21-14-7-8-14/h2-6,9-10,14-15H,7-8,11-12H2,1H3,(H,20,21)/t15-/m1/s1. The van der Waals surface area contributed by atoms with E-state index in [0.29, 0.717) is 24.8 Å². The fourth-order valence-electron chi connectivity index (χ4n) is 2.80. The molecular formula is C19H21N3O3. The molecule has 25 heavy (non-hydrogen) atoms. The molecular weight excluding hydrogens is 318 g/mol. The van der Waals surface area contributed by atoms with Crippen LogP contribution < -0.4 is 14.8 Å². The normalized spacial score (nSPS) is 18.5. The van der Waals surface area contributed by atoms with E-state index < -0.39 is 0 Å². The Labute approximate surface area is 146 Å². The van der Waals surface area contributed by atoms with Crippen LogP contribution in [0.15, 0.2) is 42.6 Å². The number of anilines is 1. The number of rotatable bonds is 5. The van der Waals surface area contributed by atoms with E-state index in [1.165, 1.54) is 12.8 Å². The quantitative estimate of drug-likeness (QED) is 0.907. The van der Waals surface area contributed by atoms with Crippen molar-refractivity contribution >= 4 is 11.7 Å². The van der Waals surface area contributed by atoms with Crippen LogP contribution in [0.4, 0.5) is 5.82 Å². The highest BCUT2D eigenvalue weighted by Gasteiger charge is 2.25. The van der Waals surface area contributed by atoms with Gasteiger partial charge in [0.25, 0.3) is 5.91 Å². The number of hydrogen-bond acceptors (Lipinski definition) is 5. The van der Waals surface area contributed by atoms with E-state index in [2.05, 4.69) is 10.3 Å². The molecule has 4 rings (SSSR count). The SMILES string of the molecule is CN(C[C@@H]1COc2ccccc2O1)C(=O)c1ccc(NC2CC2)nc1. The lowest BCUT2D eigenvalue weighted by molar-refractivity contribution is 0.0520. The molecule has 0 spiro atoms. The van der Waals surface area contributed by atoms with Crippen LogP contribution in [-0.4, -0.2) is 48.1 Å². The number of pyridine rings is 1. The van der Waals surface area contributed by atoms with E-state index in [0.717, 1.165) is 17.3 Å². The highest BCUT2D eigenvalue weighted by molar-refractivity contribution is 5.93. The molecule has 0 bridgehead atoms. The first-order valence-corrected chi connectivity index (χ1v) is 8.55.